The van der Waals surface area contributed by atoms with Gasteiger partial charge in [-0.15, -0.1) is 11.3 Å². The van der Waals surface area contributed by atoms with Gasteiger partial charge in [0.25, 0.3) is 5.91 Å². The number of thiophene rings is 1. The highest BCUT2D eigenvalue weighted by Crippen LogP contribution is 2.37. The number of nitrogens with one attached hydrogen (secondary N) is 1. The lowest BCUT2D eigenvalue weighted by molar-refractivity contribution is -0.137. The summed E-state index contributed by atoms with van der Waals surface area (Å²) in [6.45, 7) is 2.90. The Morgan fingerprint density at radius 2 is 2.19 bits per heavy atom. The molecular weight excluding hydrogens is 370 g/mol. The van der Waals surface area contributed by atoms with Crippen molar-refractivity contribution in [3.63, 3.8) is 0 Å². The van der Waals surface area contributed by atoms with Crippen molar-refractivity contribution in [2.24, 2.45) is 5.73 Å². The molecule has 0 radical (unpaired) electrons. The van der Waals surface area contributed by atoms with Crippen molar-refractivity contribution < 1.29 is 19.5 Å². The Balaban J connectivity index is 1.87. The number of aromatic nitrogens is 2. The van der Waals surface area contributed by atoms with Crippen LogP contribution in [0.1, 0.15) is 38.2 Å². The van der Waals surface area contributed by atoms with Crippen LogP contribution >= 0.6 is 11.3 Å². The minimum absolute atomic E-state index is 0.0658. The molecule has 3 rings (SSSR count). The van der Waals surface area contributed by atoms with E-state index in [1.54, 1.807) is 0 Å². The molecule has 4 N–H and O–H groups in total. The number of imidazole rings is 1. The standard InChI is InChI=1S/C17H21N5O4S/c1-9(23)22-6-10(19-8-22)5-12(17(25)26)20-16-14(15(18)24)11-3-4-21(2)7-13(11)27-16/h6,8,12,20H,3-5,7H2,1-2H3,(H2,18,24)(H,25,26). The summed E-state index contributed by atoms with van der Waals surface area (Å²) in [5.41, 5.74) is 7.32. The van der Waals surface area contributed by atoms with Gasteiger partial charge in [0.15, 0.2) is 0 Å². The number of hydrogen-bond acceptors (Lipinski definition) is 7. The fourth-order valence-corrected chi connectivity index (χ4v) is 4.49. The summed E-state index contributed by atoms with van der Waals surface area (Å²) < 4.78 is 1.29. The molecular formula is C17H21N5O4S. The Bertz CT molecular complexity index is 903. The first-order valence-corrected chi connectivity index (χ1v) is 9.24. The maximum Gasteiger partial charge on any atom is 0.326 e. The van der Waals surface area contributed by atoms with E-state index in [0.29, 0.717) is 29.2 Å². The lowest BCUT2D eigenvalue weighted by atomic mass is 10.0. The fourth-order valence-electron chi connectivity index (χ4n) is 3.10. The molecule has 0 saturated heterocycles. The smallest absolute Gasteiger partial charge is 0.326 e. The van der Waals surface area contributed by atoms with Gasteiger partial charge in [-0.1, -0.05) is 0 Å². The number of amides is 1. The summed E-state index contributed by atoms with van der Waals surface area (Å²) in [4.78, 5) is 42.3. The zero-order valence-electron chi connectivity index (χ0n) is 15.1. The van der Waals surface area contributed by atoms with E-state index < -0.39 is 17.9 Å². The molecule has 144 valence electrons. The van der Waals surface area contributed by atoms with Crippen molar-refractivity contribution in [2.75, 3.05) is 18.9 Å². The second kappa shape index (κ2) is 7.49. The number of nitrogens with zero attached hydrogens (tertiary/aromatic N) is 3. The van der Waals surface area contributed by atoms with Crippen LogP contribution in [0.3, 0.4) is 0 Å². The lowest BCUT2D eigenvalue weighted by Crippen LogP contribution is -2.32. The zero-order chi connectivity index (χ0) is 19.7. The molecule has 0 spiro atoms. The Morgan fingerprint density at radius 1 is 1.44 bits per heavy atom. The molecule has 1 atom stereocenters. The maximum absolute atomic E-state index is 12.0. The first kappa shape index (κ1) is 19.1. The molecule has 0 bridgehead atoms. The van der Waals surface area contributed by atoms with E-state index in [9.17, 15) is 19.5 Å². The van der Waals surface area contributed by atoms with Gasteiger partial charge in [-0.3, -0.25) is 14.2 Å². The molecule has 10 heteroatoms. The van der Waals surface area contributed by atoms with Crippen LogP contribution in [0, 0.1) is 0 Å². The number of fused-ring (bicyclic) bond motifs is 1. The third kappa shape index (κ3) is 4.01. The van der Waals surface area contributed by atoms with Gasteiger partial charge < -0.3 is 21.1 Å². The van der Waals surface area contributed by atoms with Crippen LogP contribution in [0.5, 0.6) is 0 Å². The summed E-state index contributed by atoms with van der Waals surface area (Å²) in [7, 11) is 1.99. The van der Waals surface area contributed by atoms with E-state index in [4.69, 9.17) is 5.73 Å². The molecule has 9 nitrogen and oxygen atoms in total. The molecule has 0 fully saturated rings. The first-order chi connectivity index (χ1) is 12.8. The Morgan fingerprint density at radius 3 is 2.78 bits per heavy atom. The monoisotopic (exact) mass is 391 g/mol. The molecule has 3 heterocycles. The number of anilines is 1. The number of rotatable bonds is 6. The number of hydrogen-bond donors (Lipinski definition) is 3. The van der Waals surface area contributed by atoms with Crippen LogP contribution in [0.2, 0.25) is 0 Å². The number of likely N-dealkylation sites (N-methyl/N-ethyl adjacent to an activating group) is 1. The van der Waals surface area contributed by atoms with Gasteiger partial charge in [0, 0.05) is 37.5 Å². The van der Waals surface area contributed by atoms with E-state index >= 15 is 0 Å². The van der Waals surface area contributed by atoms with Gasteiger partial charge in [-0.25, -0.2) is 9.78 Å². The van der Waals surface area contributed by atoms with Gasteiger partial charge in [-0.2, -0.15) is 0 Å². The van der Waals surface area contributed by atoms with Crippen molar-refractivity contribution in [3.05, 3.63) is 34.2 Å². The number of primary amides is 1. The highest BCUT2D eigenvalue weighted by Gasteiger charge is 2.28. The number of carboxylic acids is 1. The molecule has 1 unspecified atom stereocenters. The minimum Gasteiger partial charge on any atom is -0.480 e. The molecule has 0 aliphatic carbocycles. The molecule has 27 heavy (non-hydrogen) atoms. The van der Waals surface area contributed by atoms with Crippen LogP contribution in [0.4, 0.5) is 5.00 Å². The zero-order valence-corrected chi connectivity index (χ0v) is 15.9. The van der Waals surface area contributed by atoms with Gasteiger partial charge in [0.1, 0.15) is 17.4 Å². The predicted molar refractivity (Wildman–Crippen MR) is 100 cm³/mol. The predicted octanol–water partition coefficient (Wildman–Crippen LogP) is 0.799. The fraction of sp³-hybridized carbons (Fsp3) is 0.412. The van der Waals surface area contributed by atoms with Gasteiger partial charge in [-0.05, 0) is 19.0 Å². The van der Waals surface area contributed by atoms with Gasteiger partial charge >= 0.3 is 5.97 Å². The Kier molecular flexibility index (Phi) is 5.29. The summed E-state index contributed by atoms with van der Waals surface area (Å²) in [6.07, 6.45) is 3.62. The normalized spacial score (nSPS) is 15.2. The molecule has 0 aromatic carbocycles. The van der Waals surface area contributed by atoms with Crippen LogP contribution in [-0.4, -0.2) is 57.0 Å². The second-order valence-corrected chi connectivity index (χ2v) is 7.70. The van der Waals surface area contributed by atoms with Crippen LogP contribution < -0.4 is 11.1 Å². The Hall–Kier alpha value is -2.72. The maximum atomic E-state index is 12.0. The summed E-state index contributed by atoms with van der Waals surface area (Å²) in [5.74, 6) is -1.85. The van der Waals surface area contributed by atoms with E-state index in [2.05, 4.69) is 15.2 Å². The van der Waals surface area contributed by atoms with E-state index in [1.165, 1.54) is 35.4 Å². The van der Waals surface area contributed by atoms with Crippen LogP contribution in [-0.2, 0) is 24.2 Å². The average Bonchev–Trinajstić information content (AvgIpc) is 3.17. The van der Waals surface area contributed by atoms with Crippen molar-refractivity contribution >= 4 is 34.1 Å². The second-order valence-electron chi connectivity index (χ2n) is 6.59. The van der Waals surface area contributed by atoms with Gasteiger partial charge in [0.2, 0.25) is 5.91 Å². The molecule has 1 amide bonds. The third-order valence-electron chi connectivity index (χ3n) is 4.51. The average molecular weight is 391 g/mol. The minimum atomic E-state index is -1.08. The van der Waals surface area contributed by atoms with Crippen molar-refractivity contribution in [1.29, 1.82) is 0 Å². The number of aliphatic carboxylic acids is 1. The number of carbonyl (C=O) groups is 3. The van der Waals surface area contributed by atoms with E-state index in [1.807, 2.05) is 7.05 Å². The number of carboxylic acid groups (broad SMARTS) is 1. The number of nitrogens with two attached hydrogens (primary N) is 1. The quantitative estimate of drug-likeness (QED) is 0.664. The summed E-state index contributed by atoms with van der Waals surface area (Å²) in [6, 6.07) is -1.00. The largest absolute Gasteiger partial charge is 0.480 e. The highest BCUT2D eigenvalue weighted by molar-refractivity contribution is 7.16. The topological polar surface area (TPSA) is 131 Å². The lowest BCUT2D eigenvalue weighted by Gasteiger charge is -2.22. The SMILES string of the molecule is CC(=O)n1cnc(CC(Nc2sc3c(c2C(N)=O)CCN(C)C3)C(=O)O)c1. The van der Waals surface area contributed by atoms with Gasteiger partial charge in [0.05, 0.1) is 11.3 Å². The molecule has 0 saturated carbocycles. The first-order valence-electron chi connectivity index (χ1n) is 8.42. The van der Waals surface area contributed by atoms with Crippen molar-refractivity contribution in [3.8, 4) is 0 Å². The molecule has 1 aliphatic rings. The molecule has 2 aromatic heterocycles. The van der Waals surface area contributed by atoms with E-state index in [-0.39, 0.29) is 12.3 Å². The van der Waals surface area contributed by atoms with E-state index in [0.717, 1.165) is 17.0 Å². The van der Waals surface area contributed by atoms with Crippen molar-refractivity contribution in [2.45, 2.75) is 32.4 Å². The Labute approximate surface area is 159 Å². The van der Waals surface area contributed by atoms with Crippen molar-refractivity contribution in [1.82, 2.24) is 14.5 Å². The van der Waals surface area contributed by atoms with Crippen LogP contribution in [0.25, 0.3) is 0 Å². The molecule has 1 aliphatic heterocycles. The number of carbonyl (C=O) groups excluding carboxylic acids is 2. The summed E-state index contributed by atoms with van der Waals surface area (Å²) >= 11 is 1.36. The summed E-state index contributed by atoms with van der Waals surface area (Å²) in [5, 5.41) is 13.0. The third-order valence-corrected chi connectivity index (χ3v) is 5.66. The highest BCUT2D eigenvalue weighted by atomic mass is 32.1. The molecule has 2 aromatic rings. The van der Waals surface area contributed by atoms with Crippen LogP contribution in [0.15, 0.2) is 12.5 Å².